The van der Waals surface area contributed by atoms with Gasteiger partial charge >= 0.3 is 0 Å². The minimum atomic E-state index is 0.657. The van der Waals surface area contributed by atoms with E-state index in [1.165, 1.54) is 0 Å². The SMILES string of the molecule is Clc1ccc(OCCN2CCN(c3ncnc4scc(-c5ccc(Cl)cc5)c34)CC2)cc1. The van der Waals surface area contributed by atoms with E-state index >= 15 is 0 Å². The van der Waals surface area contributed by atoms with Crippen LogP contribution in [0.2, 0.25) is 10.0 Å². The molecule has 4 aromatic rings. The molecule has 5 nitrogen and oxygen atoms in total. The second-order valence-electron chi connectivity index (χ2n) is 7.66. The van der Waals surface area contributed by atoms with Gasteiger partial charge in [-0.2, -0.15) is 0 Å². The quantitative estimate of drug-likeness (QED) is 0.342. The van der Waals surface area contributed by atoms with E-state index in [-0.39, 0.29) is 0 Å². The number of hydrogen-bond donors (Lipinski definition) is 0. The molecule has 0 bridgehead atoms. The number of hydrogen-bond acceptors (Lipinski definition) is 6. The molecule has 2 aromatic carbocycles. The van der Waals surface area contributed by atoms with Gasteiger partial charge in [0.15, 0.2) is 0 Å². The predicted octanol–water partition coefficient (Wildman–Crippen LogP) is 5.87. The Morgan fingerprint density at radius 2 is 1.56 bits per heavy atom. The summed E-state index contributed by atoms with van der Waals surface area (Å²) in [4.78, 5) is 15.0. The zero-order chi connectivity index (χ0) is 21.9. The Hall–Kier alpha value is -2.38. The van der Waals surface area contributed by atoms with E-state index in [2.05, 4.69) is 37.3 Å². The van der Waals surface area contributed by atoms with Gasteiger partial charge in [-0.05, 0) is 42.0 Å². The molecule has 1 saturated heterocycles. The Morgan fingerprint density at radius 3 is 2.28 bits per heavy atom. The van der Waals surface area contributed by atoms with E-state index in [0.717, 1.165) is 75.7 Å². The van der Waals surface area contributed by atoms with Crippen molar-refractivity contribution in [3.63, 3.8) is 0 Å². The Bertz CT molecular complexity index is 1190. The fraction of sp³-hybridized carbons (Fsp3) is 0.250. The van der Waals surface area contributed by atoms with Crippen LogP contribution in [0.25, 0.3) is 21.3 Å². The van der Waals surface area contributed by atoms with Crippen LogP contribution < -0.4 is 9.64 Å². The number of halogens is 2. The fourth-order valence-electron chi connectivity index (χ4n) is 3.95. The van der Waals surface area contributed by atoms with Gasteiger partial charge in [0.25, 0.3) is 0 Å². The second-order valence-corrected chi connectivity index (χ2v) is 9.40. The molecule has 0 unspecified atom stereocenters. The summed E-state index contributed by atoms with van der Waals surface area (Å²) >= 11 is 13.7. The van der Waals surface area contributed by atoms with Crippen LogP contribution >= 0.6 is 34.5 Å². The van der Waals surface area contributed by atoms with Crippen LogP contribution in [0.15, 0.2) is 60.2 Å². The van der Waals surface area contributed by atoms with E-state index in [0.29, 0.717) is 6.61 Å². The van der Waals surface area contributed by atoms with Crippen molar-refractivity contribution in [3.05, 3.63) is 70.3 Å². The molecule has 8 heteroatoms. The molecule has 0 saturated carbocycles. The molecule has 0 radical (unpaired) electrons. The number of piperazine rings is 1. The van der Waals surface area contributed by atoms with Gasteiger partial charge in [-0.15, -0.1) is 11.3 Å². The molecule has 1 fully saturated rings. The minimum Gasteiger partial charge on any atom is -0.492 e. The molecule has 2 aromatic heterocycles. The molecule has 0 aliphatic carbocycles. The zero-order valence-corrected chi connectivity index (χ0v) is 19.7. The summed E-state index contributed by atoms with van der Waals surface area (Å²) in [6.07, 6.45) is 1.67. The van der Waals surface area contributed by atoms with Gasteiger partial charge in [0.05, 0.1) is 5.39 Å². The molecule has 1 aliphatic rings. The second kappa shape index (κ2) is 9.63. The normalized spacial score (nSPS) is 14.8. The average Bonchev–Trinajstić information content (AvgIpc) is 3.26. The van der Waals surface area contributed by atoms with Gasteiger partial charge in [0, 0.05) is 53.7 Å². The van der Waals surface area contributed by atoms with Gasteiger partial charge in [-0.25, -0.2) is 9.97 Å². The highest BCUT2D eigenvalue weighted by Gasteiger charge is 2.22. The van der Waals surface area contributed by atoms with E-state index in [4.69, 9.17) is 27.9 Å². The summed E-state index contributed by atoms with van der Waals surface area (Å²) < 4.78 is 5.85. The van der Waals surface area contributed by atoms with Crippen molar-refractivity contribution >= 4 is 50.6 Å². The first-order valence-corrected chi connectivity index (χ1v) is 12.1. The highest BCUT2D eigenvalue weighted by Crippen LogP contribution is 2.38. The molecular formula is C24H22Cl2N4OS. The fourth-order valence-corrected chi connectivity index (χ4v) is 5.11. The number of benzene rings is 2. The number of fused-ring (bicyclic) bond motifs is 1. The van der Waals surface area contributed by atoms with Crippen LogP contribution in [-0.2, 0) is 0 Å². The molecule has 1 aliphatic heterocycles. The molecule has 32 heavy (non-hydrogen) atoms. The van der Waals surface area contributed by atoms with Crippen LogP contribution in [0.1, 0.15) is 0 Å². The summed E-state index contributed by atoms with van der Waals surface area (Å²) in [6.45, 7) is 5.33. The van der Waals surface area contributed by atoms with Crippen LogP contribution in [0.3, 0.4) is 0 Å². The van der Waals surface area contributed by atoms with Gasteiger partial charge in [0.2, 0.25) is 0 Å². The summed E-state index contributed by atoms with van der Waals surface area (Å²) in [6, 6.07) is 15.5. The number of ether oxygens (including phenoxy) is 1. The number of thiophene rings is 1. The molecule has 164 valence electrons. The maximum Gasteiger partial charge on any atom is 0.141 e. The van der Waals surface area contributed by atoms with Gasteiger partial charge in [-0.1, -0.05) is 35.3 Å². The smallest absolute Gasteiger partial charge is 0.141 e. The lowest BCUT2D eigenvalue weighted by Gasteiger charge is -2.35. The molecule has 0 amide bonds. The molecular weight excluding hydrogens is 463 g/mol. The van der Waals surface area contributed by atoms with E-state index < -0.39 is 0 Å². The first-order chi connectivity index (χ1) is 15.7. The van der Waals surface area contributed by atoms with E-state index in [1.807, 2.05) is 36.4 Å². The van der Waals surface area contributed by atoms with Crippen LogP contribution in [0, 0.1) is 0 Å². The Balaban J connectivity index is 1.25. The van der Waals surface area contributed by atoms with Crippen molar-refractivity contribution in [1.29, 1.82) is 0 Å². The van der Waals surface area contributed by atoms with Gasteiger partial charge in [-0.3, -0.25) is 4.90 Å². The highest BCUT2D eigenvalue weighted by atomic mass is 35.5. The maximum atomic E-state index is 6.09. The Morgan fingerprint density at radius 1 is 0.875 bits per heavy atom. The predicted molar refractivity (Wildman–Crippen MR) is 133 cm³/mol. The number of rotatable bonds is 6. The number of nitrogens with zero attached hydrogens (tertiary/aromatic N) is 4. The maximum absolute atomic E-state index is 6.09. The zero-order valence-electron chi connectivity index (χ0n) is 17.4. The van der Waals surface area contributed by atoms with Crippen molar-refractivity contribution in [3.8, 4) is 16.9 Å². The van der Waals surface area contributed by atoms with Crippen LogP contribution in [0.5, 0.6) is 5.75 Å². The third-order valence-electron chi connectivity index (χ3n) is 5.67. The van der Waals surface area contributed by atoms with Crippen LogP contribution in [-0.4, -0.2) is 54.2 Å². The van der Waals surface area contributed by atoms with Gasteiger partial charge in [0.1, 0.15) is 29.3 Å². The topological polar surface area (TPSA) is 41.5 Å². The van der Waals surface area contributed by atoms with Crippen molar-refractivity contribution < 1.29 is 4.74 Å². The Labute approximate surface area is 201 Å². The first-order valence-electron chi connectivity index (χ1n) is 10.5. The molecule has 0 spiro atoms. The van der Waals surface area contributed by atoms with Crippen molar-refractivity contribution in [2.45, 2.75) is 0 Å². The highest BCUT2D eigenvalue weighted by molar-refractivity contribution is 7.17. The standard InChI is InChI=1S/C24H22Cl2N4OS/c25-18-3-1-17(2-4-18)21-15-32-24-22(21)23(27-16-28-24)30-11-9-29(10-12-30)13-14-31-20-7-5-19(26)6-8-20/h1-8,15-16H,9-14H2. The largest absolute Gasteiger partial charge is 0.492 e. The van der Waals surface area contributed by atoms with E-state index in [9.17, 15) is 0 Å². The summed E-state index contributed by atoms with van der Waals surface area (Å²) in [7, 11) is 0. The van der Waals surface area contributed by atoms with Crippen molar-refractivity contribution in [1.82, 2.24) is 14.9 Å². The number of anilines is 1. The third kappa shape index (κ3) is 4.69. The van der Waals surface area contributed by atoms with E-state index in [1.54, 1.807) is 17.7 Å². The molecule has 0 N–H and O–H groups in total. The average molecular weight is 485 g/mol. The number of aromatic nitrogens is 2. The van der Waals surface area contributed by atoms with Gasteiger partial charge < -0.3 is 9.64 Å². The molecule has 5 rings (SSSR count). The first kappa shape index (κ1) is 21.5. The summed E-state index contributed by atoms with van der Waals surface area (Å²) in [5.74, 6) is 1.86. The minimum absolute atomic E-state index is 0.657. The van der Waals surface area contributed by atoms with Crippen molar-refractivity contribution in [2.75, 3.05) is 44.2 Å². The van der Waals surface area contributed by atoms with Crippen molar-refractivity contribution in [2.24, 2.45) is 0 Å². The van der Waals surface area contributed by atoms with Crippen LogP contribution in [0.4, 0.5) is 5.82 Å². The summed E-state index contributed by atoms with van der Waals surface area (Å²) in [5, 5.41) is 4.74. The molecule has 3 heterocycles. The lowest BCUT2D eigenvalue weighted by atomic mass is 10.1. The molecule has 0 atom stereocenters. The lowest BCUT2D eigenvalue weighted by Crippen LogP contribution is -2.47. The lowest BCUT2D eigenvalue weighted by molar-refractivity contribution is 0.200. The monoisotopic (exact) mass is 484 g/mol. The summed E-state index contributed by atoms with van der Waals surface area (Å²) in [5.41, 5.74) is 2.30. The Kier molecular flexibility index (Phi) is 6.46. The third-order valence-corrected chi connectivity index (χ3v) is 7.06.